The van der Waals surface area contributed by atoms with Crippen LogP contribution in [0.25, 0.3) is 11.7 Å². The van der Waals surface area contributed by atoms with Crippen molar-refractivity contribution in [1.29, 1.82) is 5.26 Å². The highest BCUT2D eigenvalue weighted by Crippen LogP contribution is 2.45. The van der Waals surface area contributed by atoms with Crippen molar-refractivity contribution in [2.24, 2.45) is 11.3 Å². The van der Waals surface area contributed by atoms with Gasteiger partial charge in [-0.05, 0) is 48.3 Å². The molecule has 3 aromatic heterocycles. The lowest BCUT2D eigenvalue weighted by molar-refractivity contribution is -0.113. The Labute approximate surface area is 189 Å². The van der Waals surface area contributed by atoms with E-state index in [4.69, 9.17) is 8.83 Å². The third-order valence-corrected chi connectivity index (χ3v) is 8.10. The van der Waals surface area contributed by atoms with Crippen LogP contribution in [0.5, 0.6) is 0 Å². The summed E-state index contributed by atoms with van der Waals surface area (Å²) >= 11 is 2.69. The van der Waals surface area contributed by atoms with Gasteiger partial charge in [0.1, 0.15) is 11.1 Å². The largest absolute Gasteiger partial charge is 0.459 e. The van der Waals surface area contributed by atoms with Crippen molar-refractivity contribution in [2.45, 2.75) is 51.7 Å². The van der Waals surface area contributed by atoms with Gasteiger partial charge in [0.25, 0.3) is 11.1 Å². The van der Waals surface area contributed by atoms with Crippen molar-refractivity contribution < 1.29 is 13.6 Å². The monoisotopic (exact) mass is 456 g/mol. The molecule has 3 aromatic rings. The first kappa shape index (κ1) is 21.7. The molecule has 0 saturated heterocycles. The average molecular weight is 457 g/mol. The molecule has 3 heterocycles. The number of amides is 1. The highest BCUT2D eigenvalue weighted by Gasteiger charge is 2.34. The van der Waals surface area contributed by atoms with Crippen LogP contribution in [0, 0.1) is 22.7 Å². The first-order valence-corrected chi connectivity index (χ1v) is 12.1. The number of carbonyl (C=O) groups is 1. The number of furan rings is 1. The normalized spacial score (nSPS) is 16.0. The summed E-state index contributed by atoms with van der Waals surface area (Å²) < 4.78 is 10.7. The van der Waals surface area contributed by atoms with Crippen molar-refractivity contribution in [3.63, 3.8) is 0 Å². The number of thiophene rings is 1. The SMILES string of the molecule is CCC(C)(C)[C@@H]1CCc2c(sc(NC(=O)CSc3nnc(-c4ccco4)o3)c2C#N)C1. The fraction of sp³-hybridized carbons (Fsp3) is 0.455. The van der Waals surface area contributed by atoms with Crippen molar-refractivity contribution in [3.8, 4) is 17.7 Å². The number of fused-ring (bicyclic) bond motifs is 1. The fourth-order valence-electron chi connectivity index (χ4n) is 3.81. The van der Waals surface area contributed by atoms with E-state index in [2.05, 4.69) is 42.4 Å². The number of nitriles is 1. The molecule has 0 spiro atoms. The molecule has 162 valence electrons. The van der Waals surface area contributed by atoms with Gasteiger partial charge in [-0.3, -0.25) is 4.79 Å². The van der Waals surface area contributed by atoms with Gasteiger partial charge in [0.2, 0.25) is 5.91 Å². The molecule has 1 aliphatic carbocycles. The molecule has 4 rings (SSSR count). The van der Waals surface area contributed by atoms with Crippen molar-refractivity contribution in [1.82, 2.24) is 10.2 Å². The number of hydrogen-bond donors (Lipinski definition) is 1. The molecule has 1 aliphatic rings. The van der Waals surface area contributed by atoms with Gasteiger partial charge in [0, 0.05) is 4.88 Å². The number of thioether (sulfide) groups is 1. The van der Waals surface area contributed by atoms with Gasteiger partial charge in [-0.1, -0.05) is 39.0 Å². The van der Waals surface area contributed by atoms with Gasteiger partial charge < -0.3 is 14.2 Å². The maximum atomic E-state index is 12.5. The molecule has 0 bridgehead atoms. The summed E-state index contributed by atoms with van der Waals surface area (Å²) in [6, 6.07) is 5.77. The number of nitrogens with one attached hydrogen (secondary N) is 1. The van der Waals surface area contributed by atoms with Crippen LogP contribution >= 0.6 is 23.1 Å². The predicted molar refractivity (Wildman–Crippen MR) is 120 cm³/mol. The molecule has 1 N–H and O–H groups in total. The minimum atomic E-state index is -0.205. The van der Waals surface area contributed by atoms with Gasteiger partial charge in [0.05, 0.1) is 17.6 Å². The Balaban J connectivity index is 1.40. The molecular formula is C22H24N4O3S2. The standard InChI is InChI=1S/C22H24N4O3S2/c1-4-22(2,3)13-7-8-14-15(11-23)20(31-17(14)10-13)24-18(27)12-30-21-26-25-19(29-21)16-6-5-9-28-16/h5-6,9,13H,4,7-8,10,12H2,1-3H3,(H,24,27)/t13-/m1/s1. The van der Waals surface area contributed by atoms with Crippen LogP contribution in [0.2, 0.25) is 0 Å². The molecule has 0 radical (unpaired) electrons. The average Bonchev–Trinajstić information content (AvgIpc) is 3.50. The van der Waals surface area contributed by atoms with Crippen LogP contribution in [-0.2, 0) is 17.6 Å². The zero-order valence-corrected chi connectivity index (χ0v) is 19.4. The van der Waals surface area contributed by atoms with Gasteiger partial charge >= 0.3 is 0 Å². The Morgan fingerprint density at radius 1 is 1.45 bits per heavy atom. The van der Waals surface area contributed by atoms with Crippen LogP contribution in [0.3, 0.4) is 0 Å². The van der Waals surface area contributed by atoms with E-state index in [9.17, 15) is 10.1 Å². The summed E-state index contributed by atoms with van der Waals surface area (Å²) in [5.41, 5.74) is 2.00. The summed E-state index contributed by atoms with van der Waals surface area (Å²) in [6.45, 7) is 6.86. The van der Waals surface area contributed by atoms with Gasteiger partial charge in [-0.15, -0.1) is 21.5 Å². The van der Waals surface area contributed by atoms with Crippen LogP contribution in [-0.4, -0.2) is 21.9 Å². The van der Waals surface area contributed by atoms with Crippen LogP contribution in [0.4, 0.5) is 5.00 Å². The summed E-state index contributed by atoms with van der Waals surface area (Å²) in [7, 11) is 0. The van der Waals surface area contributed by atoms with E-state index < -0.39 is 0 Å². The molecule has 0 saturated carbocycles. The maximum absolute atomic E-state index is 12.5. The van der Waals surface area contributed by atoms with Crippen LogP contribution in [0.1, 0.15) is 49.6 Å². The summed E-state index contributed by atoms with van der Waals surface area (Å²) in [6.07, 6.45) is 5.60. The van der Waals surface area contributed by atoms with Crippen molar-refractivity contribution in [3.05, 3.63) is 34.4 Å². The second-order valence-corrected chi connectivity index (χ2v) is 10.3. The molecule has 9 heteroatoms. The molecule has 0 aromatic carbocycles. The number of anilines is 1. The molecule has 0 aliphatic heterocycles. The number of nitrogens with zero attached hydrogens (tertiary/aromatic N) is 3. The zero-order chi connectivity index (χ0) is 22.0. The molecule has 31 heavy (non-hydrogen) atoms. The smallest absolute Gasteiger partial charge is 0.284 e. The Morgan fingerprint density at radius 2 is 2.29 bits per heavy atom. The minimum absolute atomic E-state index is 0.110. The number of carbonyl (C=O) groups excluding carboxylic acids is 1. The lowest BCUT2D eigenvalue weighted by Gasteiger charge is -2.36. The third kappa shape index (κ3) is 4.55. The van der Waals surface area contributed by atoms with E-state index in [-0.39, 0.29) is 28.2 Å². The third-order valence-electron chi connectivity index (χ3n) is 6.11. The number of aromatic nitrogens is 2. The molecule has 0 unspecified atom stereocenters. The maximum Gasteiger partial charge on any atom is 0.284 e. The molecule has 1 amide bonds. The summed E-state index contributed by atoms with van der Waals surface area (Å²) in [4.78, 5) is 13.8. The second-order valence-electron chi connectivity index (χ2n) is 8.29. The molecular weight excluding hydrogens is 432 g/mol. The minimum Gasteiger partial charge on any atom is -0.459 e. The van der Waals surface area contributed by atoms with Crippen LogP contribution in [0.15, 0.2) is 32.5 Å². The van der Waals surface area contributed by atoms with Crippen LogP contribution < -0.4 is 5.32 Å². The Hall–Kier alpha value is -2.57. The van der Waals surface area contributed by atoms with E-state index in [0.717, 1.165) is 43.0 Å². The molecule has 0 fully saturated rings. The van der Waals surface area contributed by atoms with E-state index in [0.29, 0.717) is 22.2 Å². The van der Waals surface area contributed by atoms with Gasteiger partial charge in [-0.2, -0.15) is 5.26 Å². The van der Waals surface area contributed by atoms with Crippen molar-refractivity contribution >= 4 is 34.0 Å². The molecule has 7 nitrogen and oxygen atoms in total. The lowest BCUT2D eigenvalue weighted by Crippen LogP contribution is -2.28. The van der Waals surface area contributed by atoms with Gasteiger partial charge in [-0.25, -0.2) is 0 Å². The second kappa shape index (κ2) is 8.89. The Morgan fingerprint density at radius 3 is 3.00 bits per heavy atom. The number of rotatable bonds is 7. The molecule has 1 atom stereocenters. The first-order valence-electron chi connectivity index (χ1n) is 10.3. The topological polar surface area (TPSA) is 105 Å². The van der Waals surface area contributed by atoms with E-state index in [1.165, 1.54) is 11.1 Å². The quantitative estimate of drug-likeness (QED) is 0.466. The fourth-order valence-corrected chi connectivity index (χ4v) is 5.66. The highest BCUT2D eigenvalue weighted by molar-refractivity contribution is 7.99. The lowest BCUT2D eigenvalue weighted by atomic mass is 9.69. The highest BCUT2D eigenvalue weighted by atomic mass is 32.2. The van der Waals surface area contributed by atoms with E-state index >= 15 is 0 Å². The summed E-state index contributed by atoms with van der Waals surface area (Å²) in [5.74, 6) is 1.25. The van der Waals surface area contributed by atoms with Gasteiger partial charge in [0.15, 0.2) is 5.76 Å². The Kier molecular flexibility index (Phi) is 6.21. The first-order chi connectivity index (χ1) is 14.9. The predicted octanol–water partition coefficient (Wildman–Crippen LogP) is 5.53. The summed E-state index contributed by atoms with van der Waals surface area (Å²) in [5, 5.41) is 21.4. The Bertz CT molecular complexity index is 1110. The number of hydrogen-bond acceptors (Lipinski definition) is 8. The van der Waals surface area contributed by atoms with E-state index in [1.807, 2.05) is 0 Å². The van der Waals surface area contributed by atoms with E-state index in [1.54, 1.807) is 23.5 Å². The zero-order valence-electron chi connectivity index (χ0n) is 17.7. The van der Waals surface area contributed by atoms with Crippen molar-refractivity contribution in [2.75, 3.05) is 11.1 Å².